The smallest absolute Gasteiger partial charge is 0.410 e. The summed E-state index contributed by atoms with van der Waals surface area (Å²) in [6.45, 7) is 10.3. The molecule has 9 heteroatoms. The van der Waals surface area contributed by atoms with E-state index in [4.69, 9.17) is 4.74 Å². The van der Waals surface area contributed by atoms with Crippen LogP contribution in [0.1, 0.15) is 38.8 Å². The Morgan fingerprint density at radius 3 is 2.50 bits per heavy atom. The number of hydrogen-bond acceptors (Lipinski definition) is 4. The number of benzene rings is 1. The third kappa shape index (κ3) is 9.88. The van der Waals surface area contributed by atoms with Gasteiger partial charge in [0.05, 0.1) is 6.54 Å². The fraction of sp³-hybridized carbons (Fsp3) is 0.522. The highest BCUT2D eigenvalue weighted by Gasteiger charge is 2.20. The van der Waals surface area contributed by atoms with Crippen molar-refractivity contribution in [3.8, 4) is 0 Å². The number of nitrogens with zero attached hydrogens (tertiary/aromatic N) is 4. The average Bonchev–Trinajstić information content (AvgIpc) is 3.21. The minimum atomic E-state index is -0.494. The minimum absolute atomic E-state index is 0. The summed E-state index contributed by atoms with van der Waals surface area (Å²) in [7, 11) is 3.51. The molecule has 1 heterocycles. The Morgan fingerprint density at radius 2 is 1.91 bits per heavy atom. The number of hydrogen-bond donors (Lipinski definition) is 2. The van der Waals surface area contributed by atoms with Crippen LogP contribution in [-0.4, -0.2) is 59.5 Å². The zero-order valence-corrected chi connectivity index (χ0v) is 22.3. The second-order valence-corrected chi connectivity index (χ2v) is 8.75. The molecule has 0 fully saturated rings. The number of aliphatic imine (C=N–C) groups is 1. The Bertz CT molecular complexity index is 848. The second-order valence-electron chi connectivity index (χ2n) is 8.75. The Labute approximate surface area is 208 Å². The summed E-state index contributed by atoms with van der Waals surface area (Å²) in [5.41, 5.74) is 1.91. The number of guanidine groups is 1. The fourth-order valence-electron chi connectivity index (χ4n) is 3.07. The van der Waals surface area contributed by atoms with Crippen molar-refractivity contribution in [3.63, 3.8) is 0 Å². The van der Waals surface area contributed by atoms with E-state index in [1.165, 1.54) is 11.1 Å². The molecule has 0 spiro atoms. The lowest BCUT2D eigenvalue weighted by atomic mass is 10.1. The topological polar surface area (TPSA) is 83.8 Å². The lowest BCUT2D eigenvalue weighted by Gasteiger charge is -2.26. The molecule has 2 N–H and O–H groups in total. The molecule has 1 unspecified atom stereocenters. The summed E-state index contributed by atoms with van der Waals surface area (Å²) in [5.74, 6) is 0.948. The van der Waals surface area contributed by atoms with Gasteiger partial charge in [0, 0.05) is 46.1 Å². The molecule has 0 saturated heterocycles. The molecule has 178 valence electrons. The average molecular weight is 556 g/mol. The van der Waals surface area contributed by atoms with Gasteiger partial charge in [0.1, 0.15) is 5.60 Å². The van der Waals surface area contributed by atoms with Crippen molar-refractivity contribution in [1.29, 1.82) is 0 Å². The quantitative estimate of drug-likeness (QED) is 0.294. The summed E-state index contributed by atoms with van der Waals surface area (Å²) >= 11 is 0. The fourth-order valence-corrected chi connectivity index (χ4v) is 3.07. The van der Waals surface area contributed by atoms with Gasteiger partial charge in [-0.05, 0) is 43.9 Å². The second kappa shape index (κ2) is 13.3. The van der Waals surface area contributed by atoms with E-state index in [9.17, 15) is 4.79 Å². The summed E-state index contributed by atoms with van der Waals surface area (Å²) in [6.07, 6.45) is 3.43. The van der Waals surface area contributed by atoms with E-state index in [1.807, 2.05) is 49.8 Å². The van der Waals surface area contributed by atoms with Gasteiger partial charge in [-0.2, -0.15) is 5.10 Å². The number of amides is 1. The van der Waals surface area contributed by atoms with Gasteiger partial charge in [0.2, 0.25) is 0 Å². The molecule has 2 rings (SSSR count). The zero-order valence-electron chi connectivity index (χ0n) is 20.0. The highest BCUT2D eigenvalue weighted by Crippen LogP contribution is 2.11. The lowest BCUT2D eigenvalue weighted by Crippen LogP contribution is -2.42. The number of halogens is 1. The highest BCUT2D eigenvalue weighted by atomic mass is 127. The molecule has 0 bridgehead atoms. The predicted molar refractivity (Wildman–Crippen MR) is 139 cm³/mol. The van der Waals surface area contributed by atoms with Crippen molar-refractivity contribution >= 4 is 36.0 Å². The summed E-state index contributed by atoms with van der Waals surface area (Å²) in [5, 5.41) is 11.0. The van der Waals surface area contributed by atoms with Crippen LogP contribution in [0.4, 0.5) is 4.79 Å². The normalized spacial score (nSPS) is 12.5. The first-order valence-corrected chi connectivity index (χ1v) is 10.6. The van der Waals surface area contributed by atoms with Crippen LogP contribution in [-0.2, 0) is 17.8 Å². The third-order valence-corrected chi connectivity index (χ3v) is 4.59. The maximum absolute atomic E-state index is 12.1. The molecule has 1 atom stereocenters. The van der Waals surface area contributed by atoms with E-state index in [0.29, 0.717) is 19.6 Å². The first-order chi connectivity index (χ1) is 14.7. The van der Waals surface area contributed by atoms with Crippen LogP contribution in [0.5, 0.6) is 0 Å². The van der Waals surface area contributed by atoms with Crippen molar-refractivity contribution in [3.05, 3.63) is 53.9 Å². The van der Waals surface area contributed by atoms with Crippen molar-refractivity contribution in [2.75, 3.05) is 27.2 Å². The summed E-state index contributed by atoms with van der Waals surface area (Å²) < 4.78 is 7.32. The van der Waals surface area contributed by atoms with Gasteiger partial charge in [0.15, 0.2) is 5.96 Å². The van der Waals surface area contributed by atoms with Crippen LogP contribution in [0, 0.1) is 5.92 Å². The van der Waals surface area contributed by atoms with Crippen molar-refractivity contribution in [2.24, 2.45) is 10.9 Å². The molecular formula is C23H37IN6O2. The van der Waals surface area contributed by atoms with Crippen molar-refractivity contribution in [2.45, 2.75) is 46.4 Å². The molecule has 1 aromatic carbocycles. The molecule has 0 aliphatic heterocycles. The Morgan fingerprint density at radius 1 is 1.22 bits per heavy atom. The van der Waals surface area contributed by atoms with Crippen molar-refractivity contribution in [1.82, 2.24) is 25.3 Å². The number of ether oxygens (including phenoxy) is 1. The Kier molecular flexibility index (Phi) is 11.5. The van der Waals surface area contributed by atoms with E-state index >= 15 is 0 Å². The highest BCUT2D eigenvalue weighted by molar-refractivity contribution is 14.0. The first kappa shape index (κ1) is 27.7. The largest absolute Gasteiger partial charge is 0.444 e. The van der Waals surface area contributed by atoms with E-state index in [2.05, 4.69) is 39.8 Å². The molecule has 1 aromatic heterocycles. The van der Waals surface area contributed by atoms with Gasteiger partial charge in [0.25, 0.3) is 0 Å². The van der Waals surface area contributed by atoms with Gasteiger partial charge in [-0.1, -0.05) is 31.2 Å². The third-order valence-electron chi connectivity index (χ3n) is 4.59. The molecule has 1 amide bonds. The van der Waals surface area contributed by atoms with Crippen LogP contribution in [0.15, 0.2) is 47.7 Å². The van der Waals surface area contributed by atoms with Crippen LogP contribution < -0.4 is 10.6 Å². The van der Waals surface area contributed by atoms with E-state index in [1.54, 1.807) is 25.2 Å². The molecule has 2 aromatic rings. The molecule has 32 heavy (non-hydrogen) atoms. The first-order valence-electron chi connectivity index (χ1n) is 10.6. The Balaban J connectivity index is 0.00000512. The van der Waals surface area contributed by atoms with Gasteiger partial charge in [-0.25, -0.2) is 4.79 Å². The monoisotopic (exact) mass is 556 g/mol. The van der Waals surface area contributed by atoms with E-state index < -0.39 is 5.60 Å². The Hall–Kier alpha value is -2.30. The maximum atomic E-state index is 12.1. The van der Waals surface area contributed by atoms with Crippen LogP contribution in [0.2, 0.25) is 0 Å². The van der Waals surface area contributed by atoms with Gasteiger partial charge < -0.3 is 20.3 Å². The SMILES string of the molecule is CN=C(NCc1ccccc1Cn1cccn1)NCC(C)CN(C)C(=O)OC(C)(C)C.I. The number of rotatable bonds is 8. The summed E-state index contributed by atoms with van der Waals surface area (Å²) in [4.78, 5) is 18.1. The van der Waals surface area contributed by atoms with E-state index in [0.717, 1.165) is 12.5 Å². The number of nitrogens with one attached hydrogen (secondary N) is 2. The van der Waals surface area contributed by atoms with Gasteiger partial charge in [-0.3, -0.25) is 9.67 Å². The maximum Gasteiger partial charge on any atom is 0.410 e. The van der Waals surface area contributed by atoms with Gasteiger partial charge in [-0.15, -0.1) is 24.0 Å². The van der Waals surface area contributed by atoms with Crippen molar-refractivity contribution < 1.29 is 9.53 Å². The molecule has 0 radical (unpaired) electrons. The molecule has 8 nitrogen and oxygen atoms in total. The summed E-state index contributed by atoms with van der Waals surface area (Å²) in [6, 6.07) is 10.2. The lowest BCUT2D eigenvalue weighted by molar-refractivity contribution is 0.0278. The number of carbonyl (C=O) groups excluding carboxylic acids is 1. The van der Waals surface area contributed by atoms with E-state index in [-0.39, 0.29) is 36.0 Å². The molecule has 0 aliphatic rings. The molecule has 0 aliphatic carbocycles. The van der Waals surface area contributed by atoms with Crippen LogP contribution in [0.25, 0.3) is 0 Å². The number of carbonyl (C=O) groups is 1. The minimum Gasteiger partial charge on any atom is -0.444 e. The molecular weight excluding hydrogens is 519 g/mol. The van der Waals surface area contributed by atoms with Crippen LogP contribution >= 0.6 is 24.0 Å². The van der Waals surface area contributed by atoms with Gasteiger partial charge >= 0.3 is 6.09 Å². The predicted octanol–water partition coefficient (Wildman–Crippen LogP) is 3.72. The van der Waals surface area contributed by atoms with Crippen LogP contribution in [0.3, 0.4) is 0 Å². The number of aromatic nitrogens is 2. The zero-order chi connectivity index (χ0) is 22.9. The standard InChI is InChI=1S/C23H36N6O2.HI/c1-18(16-28(6)22(30)31-23(2,3)4)14-25-21(24-5)26-15-19-10-7-8-11-20(19)17-29-13-9-12-27-29;/h7-13,18H,14-17H2,1-6H3,(H2,24,25,26);1H. The molecule has 0 saturated carbocycles.